The van der Waals surface area contributed by atoms with Gasteiger partial charge in [0.25, 0.3) is 11.8 Å². The van der Waals surface area contributed by atoms with Crippen LogP contribution in [0.1, 0.15) is 39.1 Å². The van der Waals surface area contributed by atoms with E-state index < -0.39 is 5.82 Å². The molecule has 0 N–H and O–H groups in total. The number of hydrogen-bond donors (Lipinski definition) is 0. The summed E-state index contributed by atoms with van der Waals surface area (Å²) in [4.78, 5) is 29.9. The molecule has 3 aromatic rings. The van der Waals surface area contributed by atoms with Crippen LogP contribution in [0.2, 0.25) is 0 Å². The third-order valence-electron chi connectivity index (χ3n) is 6.16. The van der Waals surface area contributed by atoms with Crippen molar-refractivity contribution in [3.05, 3.63) is 101 Å². The fourth-order valence-electron chi connectivity index (χ4n) is 4.28. The van der Waals surface area contributed by atoms with Gasteiger partial charge in [0.05, 0.1) is 17.2 Å². The van der Waals surface area contributed by atoms with Gasteiger partial charge < -0.3 is 14.5 Å². The molecule has 1 heterocycles. The van der Waals surface area contributed by atoms with Gasteiger partial charge in [-0.15, -0.1) is 0 Å². The van der Waals surface area contributed by atoms with Gasteiger partial charge in [-0.25, -0.2) is 4.39 Å². The normalized spacial score (nSPS) is 17.2. The lowest BCUT2D eigenvalue weighted by Gasteiger charge is -2.33. The molecule has 0 aromatic heterocycles. The molecule has 3 aromatic carbocycles. The lowest BCUT2D eigenvalue weighted by molar-refractivity contribution is 0.0586. The molecule has 0 radical (unpaired) electrons. The Hall–Kier alpha value is -3.67. The van der Waals surface area contributed by atoms with Crippen molar-refractivity contribution >= 4 is 11.8 Å². The fourth-order valence-corrected chi connectivity index (χ4v) is 4.28. The molecule has 1 aliphatic heterocycles. The quantitative estimate of drug-likeness (QED) is 0.563. The van der Waals surface area contributed by atoms with E-state index in [2.05, 4.69) is 0 Å². The number of ether oxygens (including phenoxy) is 1. The topological polar surface area (TPSA) is 49.9 Å². The molecule has 1 aliphatic rings. The highest BCUT2D eigenvalue weighted by Gasteiger charge is 2.28. The molecule has 0 unspecified atom stereocenters. The highest BCUT2D eigenvalue weighted by atomic mass is 19.1. The predicted octanol–water partition coefficient (Wildman–Crippen LogP) is 4.82. The molecule has 0 aliphatic carbocycles. The maximum absolute atomic E-state index is 14.6. The molecule has 4 rings (SSSR count). The molecular weight excluding hydrogens is 431 g/mol. The molecule has 2 amide bonds. The van der Waals surface area contributed by atoms with E-state index in [0.29, 0.717) is 37.2 Å². The van der Waals surface area contributed by atoms with Crippen LogP contribution in [0, 0.1) is 5.82 Å². The van der Waals surface area contributed by atoms with Crippen LogP contribution in [0.4, 0.5) is 4.39 Å². The SMILES string of the molecule is CN1CCCCN(C(=O)c2ccccc2F)[C@@H](Cc2ccccc2)COc2ccccc2C1=O. The summed E-state index contributed by atoms with van der Waals surface area (Å²) in [6.07, 6.45) is 1.96. The number of hydrogen-bond acceptors (Lipinski definition) is 3. The molecule has 176 valence electrons. The summed E-state index contributed by atoms with van der Waals surface area (Å²) in [5, 5.41) is 0. The zero-order chi connectivity index (χ0) is 23.9. The van der Waals surface area contributed by atoms with Gasteiger partial charge in [0.1, 0.15) is 18.2 Å². The molecule has 6 heteroatoms. The summed E-state index contributed by atoms with van der Waals surface area (Å²) in [6.45, 7) is 1.18. The van der Waals surface area contributed by atoms with Crippen LogP contribution in [0.25, 0.3) is 0 Å². The molecule has 0 spiro atoms. The third-order valence-corrected chi connectivity index (χ3v) is 6.16. The average molecular weight is 461 g/mol. The number of halogens is 1. The second-order valence-corrected chi connectivity index (χ2v) is 8.56. The van der Waals surface area contributed by atoms with Gasteiger partial charge in [0, 0.05) is 20.1 Å². The maximum atomic E-state index is 14.6. The van der Waals surface area contributed by atoms with Crippen LogP contribution in [0.5, 0.6) is 5.75 Å². The molecule has 5 nitrogen and oxygen atoms in total. The van der Waals surface area contributed by atoms with Crippen LogP contribution < -0.4 is 4.74 Å². The number of para-hydroxylation sites is 1. The first-order valence-corrected chi connectivity index (χ1v) is 11.6. The zero-order valence-corrected chi connectivity index (χ0v) is 19.3. The maximum Gasteiger partial charge on any atom is 0.257 e. The summed E-state index contributed by atoms with van der Waals surface area (Å²) in [7, 11) is 1.77. The number of benzene rings is 3. The lowest BCUT2D eigenvalue weighted by atomic mass is 10.0. The average Bonchev–Trinajstić information content (AvgIpc) is 2.86. The van der Waals surface area contributed by atoms with Gasteiger partial charge in [-0.05, 0) is 49.1 Å². The second-order valence-electron chi connectivity index (χ2n) is 8.56. The first-order valence-electron chi connectivity index (χ1n) is 11.6. The van der Waals surface area contributed by atoms with Crippen molar-refractivity contribution in [2.75, 3.05) is 26.7 Å². The van der Waals surface area contributed by atoms with E-state index in [1.165, 1.54) is 12.1 Å². The van der Waals surface area contributed by atoms with E-state index >= 15 is 0 Å². The van der Waals surface area contributed by atoms with E-state index in [1.54, 1.807) is 41.1 Å². The summed E-state index contributed by atoms with van der Waals surface area (Å²) >= 11 is 0. The van der Waals surface area contributed by atoms with E-state index in [-0.39, 0.29) is 30.0 Å². The highest BCUT2D eigenvalue weighted by Crippen LogP contribution is 2.23. The number of carbonyl (C=O) groups is 2. The first-order chi connectivity index (χ1) is 16.5. The van der Waals surface area contributed by atoms with Crippen molar-refractivity contribution in [3.63, 3.8) is 0 Å². The third kappa shape index (κ3) is 5.45. The standard InChI is InChI=1S/C28H29FN2O3/c1-30-17-9-10-18-31(28(33)23-13-5-7-15-25(23)29)22(19-21-11-3-2-4-12-21)20-34-26-16-8-6-14-24(26)27(30)32/h2-8,11-16,22H,9-10,17-20H2,1H3/t22-/m0/s1. The Balaban J connectivity index is 1.70. The summed E-state index contributed by atoms with van der Waals surface area (Å²) in [5.74, 6) is -0.488. The number of fused-ring (bicyclic) bond motifs is 1. The molecule has 0 fully saturated rings. The van der Waals surface area contributed by atoms with Gasteiger partial charge in [-0.1, -0.05) is 54.6 Å². The van der Waals surface area contributed by atoms with Gasteiger partial charge in [-0.2, -0.15) is 0 Å². The minimum Gasteiger partial charge on any atom is -0.491 e. The predicted molar refractivity (Wildman–Crippen MR) is 130 cm³/mol. The Morgan fingerprint density at radius 2 is 1.62 bits per heavy atom. The van der Waals surface area contributed by atoms with E-state index in [4.69, 9.17) is 4.74 Å². The van der Waals surface area contributed by atoms with Crippen molar-refractivity contribution in [1.29, 1.82) is 0 Å². The highest BCUT2D eigenvalue weighted by molar-refractivity contribution is 5.97. The molecule has 0 saturated carbocycles. The molecule has 34 heavy (non-hydrogen) atoms. The Bertz CT molecular complexity index is 1140. The minimum absolute atomic E-state index is 0.0559. The largest absolute Gasteiger partial charge is 0.491 e. The van der Waals surface area contributed by atoms with Gasteiger partial charge in [-0.3, -0.25) is 9.59 Å². The minimum atomic E-state index is -0.534. The Morgan fingerprint density at radius 1 is 0.941 bits per heavy atom. The fraction of sp³-hybridized carbons (Fsp3) is 0.286. The number of nitrogens with zero attached hydrogens (tertiary/aromatic N) is 2. The Morgan fingerprint density at radius 3 is 2.41 bits per heavy atom. The van der Waals surface area contributed by atoms with Gasteiger partial charge in [0.15, 0.2) is 0 Å². The summed E-state index contributed by atoms with van der Waals surface area (Å²) in [5.41, 5.74) is 1.61. The van der Waals surface area contributed by atoms with Gasteiger partial charge >= 0.3 is 0 Å². The number of rotatable bonds is 3. The molecule has 0 saturated heterocycles. The molecular formula is C28H29FN2O3. The van der Waals surface area contributed by atoms with Crippen molar-refractivity contribution in [3.8, 4) is 5.75 Å². The van der Waals surface area contributed by atoms with E-state index in [0.717, 1.165) is 12.0 Å². The summed E-state index contributed by atoms with van der Waals surface area (Å²) < 4.78 is 20.7. The number of amides is 2. The van der Waals surface area contributed by atoms with Gasteiger partial charge in [0.2, 0.25) is 0 Å². The number of carbonyl (C=O) groups excluding carboxylic acids is 2. The van der Waals surface area contributed by atoms with Crippen molar-refractivity contribution < 1.29 is 18.7 Å². The van der Waals surface area contributed by atoms with Crippen molar-refractivity contribution in [2.45, 2.75) is 25.3 Å². The van der Waals surface area contributed by atoms with Crippen LogP contribution >= 0.6 is 0 Å². The summed E-state index contributed by atoms with van der Waals surface area (Å²) in [6, 6.07) is 22.8. The zero-order valence-electron chi connectivity index (χ0n) is 19.3. The lowest BCUT2D eigenvalue weighted by Crippen LogP contribution is -2.46. The monoisotopic (exact) mass is 460 g/mol. The molecule has 1 atom stereocenters. The van der Waals surface area contributed by atoms with Crippen molar-refractivity contribution in [2.24, 2.45) is 0 Å². The first kappa shape index (κ1) is 23.5. The van der Waals surface area contributed by atoms with Crippen LogP contribution in [-0.4, -0.2) is 54.4 Å². The molecule has 0 bridgehead atoms. The van der Waals surface area contributed by atoms with E-state index in [9.17, 15) is 14.0 Å². The van der Waals surface area contributed by atoms with Crippen molar-refractivity contribution in [1.82, 2.24) is 9.80 Å². The van der Waals surface area contributed by atoms with E-state index in [1.807, 2.05) is 42.5 Å². The Kier molecular flexibility index (Phi) is 7.58. The second kappa shape index (κ2) is 11.0. The smallest absolute Gasteiger partial charge is 0.257 e. The van der Waals surface area contributed by atoms with Crippen LogP contribution in [-0.2, 0) is 6.42 Å². The van der Waals surface area contributed by atoms with Crippen LogP contribution in [0.15, 0.2) is 78.9 Å². The Labute approximate surface area is 199 Å². The van der Waals surface area contributed by atoms with Crippen LogP contribution in [0.3, 0.4) is 0 Å².